The molecule has 2 atom stereocenters. The number of carbonyl (C=O) groups excluding carboxylic acids is 2. The van der Waals surface area contributed by atoms with Crippen LogP contribution in [-0.2, 0) is 9.59 Å². The quantitative estimate of drug-likeness (QED) is 0.722. The molecule has 0 bridgehead atoms. The van der Waals surface area contributed by atoms with E-state index in [1.165, 1.54) is 17.7 Å². The van der Waals surface area contributed by atoms with Crippen LogP contribution in [0, 0.1) is 5.92 Å². The second-order valence-corrected chi connectivity index (χ2v) is 4.90. The monoisotopic (exact) mass is 224 g/mol. The standard InChI is InChI=1S/C12H20N2O2/c1-3-9(8-4-5-8)13-10-6-7-11(15)14(2)12(10)16/h8-10,13H,3-7H2,1-2H3. The Morgan fingerprint density at radius 2 is 2.06 bits per heavy atom. The fraction of sp³-hybridized carbons (Fsp3) is 0.833. The number of likely N-dealkylation sites (N-methyl/N-ethyl adjacent to an activating group) is 1. The van der Waals surface area contributed by atoms with Crippen molar-refractivity contribution in [1.29, 1.82) is 0 Å². The van der Waals surface area contributed by atoms with Gasteiger partial charge in [-0.3, -0.25) is 14.5 Å². The molecule has 0 aromatic rings. The van der Waals surface area contributed by atoms with Crippen LogP contribution in [0.5, 0.6) is 0 Å². The number of piperidine rings is 1. The van der Waals surface area contributed by atoms with Gasteiger partial charge in [0.25, 0.3) is 0 Å². The van der Waals surface area contributed by atoms with Gasteiger partial charge in [0, 0.05) is 19.5 Å². The van der Waals surface area contributed by atoms with Gasteiger partial charge in [0.15, 0.2) is 0 Å². The van der Waals surface area contributed by atoms with E-state index in [2.05, 4.69) is 12.2 Å². The average molecular weight is 224 g/mol. The zero-order valence-electron chi connectivity index (χ0n) is 10.0. The van der Waals surface area contributed by atoms with Crippen LogP contribution in [0.1, 0.15) is 39.0 Å². The van der Waals surface area contributed by atoms with Crippen molar-refractivity contribution < 1.29 is 9.59 Å². The molecular weight excluding hydrogens is 204 g/mol. The molecule has 1 heterocycles. The summed E-state index contributed by atoms with van der Waals surface area (Å²) >= 11 is 0. The average Bonchev–Trinajstić information content (AvgIpc) is 3.09. The first-order valence-corrected chi connectivity index (χ1v) is 6.20. The fourth-order valence-corrected chi connectivity index (χ4v) is 2.41. The van der Waals surface area contributed by atoms with E-state index in [1.807, 2.05) is 0 Å². The number of imide groups is 1. The smallest absolute Gasteiger partial charge is 0.246 e. The fourth-order valence-electron chi connectivity index (χ4n) is 2.41. The number of nitrogens with zero attached hydrogens (tertiary/aromatic N) is 1. The Balaban J connectivity index is 1.93. The summed E-state index contributed by atoms with van der Waals surface area (Å²) in [5, 5.41) is 3.42. The van der Waals surface area contributed by atoms with E-state index in [0.29, 0.717) is 18.9 Å². The summed E-state index contributed by atoms with van der Waals surface area (Å²) in [6.45, 7) is 2.15. The van der Waals surface area contributed by atoms with E-state index in [9.17, 15) is 9.59 Å². The molecule has 1 saturated carbocycles. The number of hydrogen-bond acceptors (Lipinski definition) is 3. The van der Waals surface area contributed by atoms with Gasteiger partial charge in [-0.1, -0.05) is 6.92 Å². The molecule has 2 aliphatic rings. The lowest BCUT2D eigenvalue weighted by atomic mass is 10.0. The van der Waals surface area contributed by atoms with Crippen LogP contribution in [-0.4, -0.2) is 35.8 Å². The molecule has 0 aromatic carbocycles. The van der Waals surface area contributed by atoms with Gasteiger partial charge in [-0.25, -0.2) is 0 Å². The van der Waals surface area contributed by atoms with Gasteiger partial charge < -0.3 is 5.32 Å². The number of amides is 2. The molecule has 1 aliphatic heterocycles. The van der Waals surface area contributed by atoms with Crippen LogP contribution < -0.4 is 5.32 Å². The van der Waals surface area contributed by atoms with Gasteiger partial charge in [0.2, 0.25) is 11.8 Å². The third-order valence-electron chi connectivity index (χ3n) is 3.70. The third kappa shape index (κ3) is 2.26. The molecule has 1 N–H and O–H groups in total. The van der Waals surface area contributed by atoms with Crippen LogP contribution >= 0.6 is 0 Å². The van der Waals surface area contributed by atoms with Gasteiger partial charge in [0.05, 0.1) is 6.04 Å². The largest absolute Gasteiger partial charge is 0.303 e. The Morgan fingerprint density at radius 1 is 1.38 bits per heavy atom. The van der Waals surface area contributed by atoms with Gasteiger partial charge in [-0.15, -0.1) is 0 Å². The predicted molar refractivity (Wildman–Crippen MR) is 60.7 cm³/mol. The summed E-state index contributed by atoms with van der Waals surface area (Å²) in [5.41, 5.74) is 0. The first kappa shape index (κ1) is 11.6. The molecule has 16 heavy (non-hydrogen) atoms. The Hall–Kier alpha value is -0.900. The second kappa shape index (κ2) is 4.53. The summed E-state index contributed by atoms with van der Waals surface area (Å²) < 4.78 is 0. The number of nitrogens with one attached hydrogen (secondary N) is 1. The minimum Gasteiger partial charge on any atom is -0.303 e. The first-order chi connectivity index (χ1) is 7.63. The number of hydrogen-bond donors (Lipinski definition) is 1. The highest BCUT2D eigenvalue weighted by molar-refractivity contribution is 6.00. The van der Waals surface area contributed by atoms with Gasteiger partial charge >= 0.3 is 0 Å². The van der Waals surface area contributed by atoms with Crippen LogP contribution in [0.2, 0.25) is 0 Å². The van der Waals surface area contributed by atoms with Crippen molar-refractivity contribution in [2.75, 3.05) is 7.05 Å². The van der Waals surface area contributed by atoms with E-state index in [0.717, 1.165) is 12.3 Å². The lowest BCUT2D eigenvalue weighted by molar-refractivity contribution is -0.148. The van der Waals surface area contributed by atoms with E-state index < -0.39 is 0 Å². The number of likely N-dealkylation sites (tertiary alicyclic amines) is 1. The van der Waals surface area contributed by atoms with Crippen molar-refractivity contribution in [2.24, 2.45) is 5.92 Å². The Kier molecular flexibility index (Phi) is 3.28. The van der Waals surface area contributed by atoms with E-state index in [-0.39, 0.29) is 17.9 Å². The number of rotatable bonds is 4. The maximum absolute atomic E-state index is 11.9. The highest BCUT2D eigenvalue weighted by Gasteiger charge is 2.36. The first-order valence-electron chi connectivity index (χ1n) is 6.20. The third-order valence-corrected chi connectivity index (χ3v) is 3.70. The van der Waals surface area contributed by atoms with Crippen LogP contribution in [0.3, 0.4) is 0 Å². The maximum atomic E-state index is 11.9. The Morgan fingerprint density at radius 3 is 2.62 bits per heavy atom. The number of carbonyl (C=O) groups is 2. The molecule has 90 valence electrons. The molecule has 2 amide bonds. The van der Waals surface area contributed by atoms with Crippen molar-refractivity contribution in [3.8, 4) is 0 Å². The van der Waals surface area contributed by atoms with Crippen molar-refractivity contribution in [1.82, 2.24) is 10.2 Å². The molecule has 2 fully saturated rings. The topological polar surface area (TPSA) is 49.4 Å². The van der Waals surface area contributed by atoms with Gasteiger partial charge in [0.1, 0.15) is 0 Å². The molecule has 0 aromatic heterocycles. The van der Waals surface area contributed by atoms with E-state index in [1.54, 1.807) is 7.05 Å². The van der Waals surface area contributed by atoms with E-state index in [4.69, 9.17) is 0 Å². The lowest BCUT2D eigenvalue weighted by Gasteiger charge is -2.31. The molecule has 0 radical (unpaired) electrons. The van der Waals surface area contributed by atoms with Crippen molar-refractivity contribution in [2.45, 2.75) is 51.1 Å². The summed E-state index contributed by atoms with van der Waals surface area (Å²) in [6, 6.07) is 0.309. The minimum absolute atomic E-state index is 0.0532. The SMILES string of the molecule is CCC(NC1CCC(=O)N(C)C1=O)C1CC1. The highest BCUT2D eigenvalue weighted by atomic mass is 16.2. The Bertz CT molecular complexity index is 299. The van der Waals surface area contributed by atoms with Gasteiger partial charge in [-0.05, 0) is 31.6 Å². The van der Waals surface area contributed by atoms with Crippen LogP contribution in [0.25, 0.3) is 0 Å². The van der Waals surface area contributed by atoms with Gasteiger partial charge in [-0.2, -0.15) is 0 Å². The van der Waals surface area contributed by atoms with Crippen molar-refractivity contribution in [3.63, 3.8) is 0 Å². The molecule has 2 unspecified atom stereocenters. The summed E-state index contributed by atoms with van der Waals surface area (Å²) in [4.78, 5) is 24.5. The summed E-state index contributed by atoms with van der Waals surface area (Å²) in [6.07, 6.45) is 4.76. The molecule has 2 rings (SSSR count). The zero-order chi connectivity index (χ0) is 11.7. The zero-order valence-corrected chi connectivity index (χ0v) is 10.0. The molecule has 4 nitrogen and oxygen atoms in total. The highest BCUT2D eigenvalue weighted by Crippen LogP contribution is 2.34. The molecule has 4 heteroatoms. The van der Waals surface area contributed by atoms with Crippen molar-refractivity contribution in [3.05, 3.63) is 0 Å². The molecule has 0 spiro atoms. The predicted octanol–water partition coefficient (Wildman–Crippen LogP) is 0.912. The summed E-state index contributed by atoms with van der Waals surface area (Å²) in [5.74, 6) is 0.638. The maximum Gasteiger partial charge on any atom is 0.246 e. The van der Waals surface area contributed by atoms with Crippen LogP contribution in [0.4, 0.5) is 0 Å². The second-order valence-electron chi connectivity index (χ2n) is 4.90. The van der Waals surface area contributed by atoms with Crippen LogP contribution in [0.15, 0.2) is 0 Å². The lowest BCUT2D eigenvalue weighted by Crippen LogP contribution is -2.54. The van der Waals surface area contributed by atoms with E-state index >= 15 is 0 Å². The molecular formula is C12H20N2O2. The van der Waals surface area contributed by atoms with Crippen molar-refractivity contribution >= 4 is 11.8 Å². The Labute approximate surface area is 96.4 Å². The normalized spacial score (nSPS) is 28.4. The summed E-state index contributed by atoms with van der Waals surface area (Å²) in [7, 11) is 1.58. The minimum atomic E-state index is -0.145. The molecule has 1 aliphatic carbocycles. The molecule has 1 saturated heterocycles.